The van der Waals surface area contributed by atoms with Gasteiger partial charge in [0.15, 0.2) is 11.6 Å². The highest BCUT2D eigenvalue weighted by Gasteiger charge is 2.18. The molecule has 6 aromatic rings. The summed E-state index contributed by atoms with van der Waals surface area (Å²) >= 11 is 0. The molecule has 0 bridgehead atoms. The van der Waals surface area contributed by atoms with E-state index in [4.69, 9.17) is 4.74 Å². The summed E-state index contributed by atoms with van der Waals surface area (Å²) in [6, 6.07) is 20.2. The molecule has 1 N–H and O–H groups in total. The number of para-hydroxylation sites is 1. The summed E-state index contributed by atoms with van der Waals surface area (Å²) in [7, 11) is 1.78. The van der Waals surface area contributed by atoms with Crippen LogP contribution < -0.4 is 15.6 Å². The summed E-state index contributed by atoms with van der Waals surface area (Å²) in [4.78, 5) is 31.2. The summed E-state index contributed by atoms with van der Waals surface area (Å²) in [6.07, 6.45) is 6.72. The fourth-order valence-electron chi connectivity index (χ4n) is 4.70. The van der Waals surface area contributed by atoms with Gasteiger partial charge in [-0.25, -0.2) is 4.39 Å². The van der Waals surface area contributed by atoms with Crippen LogP contribution in [0.1, 0.15) is 21.5 Å². The Kier molecular flexibility index (Phi) is 6.84. The summed E-state index contributed by atoms with van der Waals surface area (Å²) in [6.45, 7) is 3.99. The number of fused-ring (bicyclic) bond motifs is 1. The molecule has 42 heavy (non-hydrogen) atoms. The average molecular weight is 560 g/mol. The minimum Gasteiger partial charge on any atom is -0.454 e. The molecule has 0 aliphatic rings. The van der Waals surface area contributed by atoms with Gasteiger partial charge in [0.1, 0.15) is 11.3 Å². The predicted octanol–water partition coefficient (Wildman–Crippen LogP) is 6.59. The number of carbonyl (C=O) groups is 1. The molecular weight excluding hydrogens is 533 g/mol. The van der Waals surface area contributed by atoms with Crippen LogP contribution in [0.2, 0.25) is 0 Å². The second-order valence-electron chi connectivity index (χ2n) is 10.0. The SMILES string of the molecule is Cc1cc2nccc(Oc3ccc(NC(=O)c4cc(-c5cnn(C)c5)cn(-c5ccccc5)c4=O)cc3F)c2cc1C. The van der Waals surface area contributed by atoms with Gasteiger partial charge in [-0.05, 0) is 73.5 Å². The second-order valence-corrected chi connectivity index (χ2v) is 10.0. The van der Waals surface area contributed by atoms with E-state index in [2.05, 4.69) is 15.4 Å². The van der Waals surface area contributed by atoms with Crippen molar-refractivity contribution in [3.8, 4) is 28.3 Å². The maximum absolute atomic E-state index is 15.2. The average Bonchev–Trinajstić information content (AvgIpc) is 3.42. The zero-order valence-electron chi connectivity index (χ0n) is 23.1. The summed E-state index contributed by atoms with van der Waals surface area (Å²) in [5.41, 5.74) is 4.43. The van der Waals surface area contributed by atoms with Gasteiger partial charge in [-0.1, -0.05) is 18.2 Å². The lowest BCUT2D eigenvalue weighted by Crippen LogP contribution is -2.28. The molecule has 0 aliphatic heterocycles. The van der Waals surface area contributed by atoms with Crippen LogP contribution in [0.5, 0.6) is 11.5 Å². The summed E-state index contributed by atoms with van der Waals surface area (Å²) in [5.74, 6) is -0.891. The third-order valence-corrected chi connectivity index (χ3v) is 7.06. The summed E-state index contributed by atoms with van der Waals surface area (Å²) in [5, 5.41) is 7.63. The first-order chi connectivity index (χ1) is 20.3. The highest BCUT2D eigenvalue weighted by molar-refractivity contribution is 6.04. The molecule has 0 saturated heterocycles. The highest BCUT2D eigenvalue weighted by atomic mass is 19.1. The number of hydrogen-bond acceptors (Lipinski definition) is 5. The van der Waals surface area contributed by atoms with E-state index in [-0.39, 0.29) is 17.0 Å². The molecule has 0 fully saturated rings. The van der Waals surface area contributed by atoms with Crippen LogP contribution >= 0.6 is 0 Å². The Balaban J connectivity index is 1.31. The van der Waals surface area contributed by atoms with Crippen LogP contribution in [-0.4, -0.2) is 25.2 Å². The zero-order valence-corrected chi connectivity index (χ0v) is 23.1. The molecule has 0 aliphatic carbocycles. The van der Waals surface area contributed by atoms with Gasteiger partial charge >= 0.3 is 0 Å². The number of benzene rings is 3. The van der Waals surface area contributed by atoms with Crippen LogP contribution in [0.3, 0.4) is 0 Å². The van der Waals surface area contributed by atoms with Crippen LogP contribution in [-0.2, 0) is 7.05 Å². The Morgan fingerprint density at radius 1 is 0.905 bits per heavy atom. The molecule has 0 unspecified atom stereocenters. The number of aromatic nitrogens is 4. The molecule has 3 heterocycles. The maximum atomic E-state index is 15.2. The molecule has 9 heteroatoms. The third kappa shape index (κ3) is 5.15. The number of amides is 1. The smallest absolute Gasteiger partial charge is 0.267 e. The lowest BCUT2D eigenvalue weighted by atomic mass is 10.1. The minimum absolute atomic E-state index is 0.0104. The number of halogens is 1. The van der Waals surface area contributed by atoms with E-state index >= 15 is 4.39 Å². The van der Waals surface area contributed by atoms with Gasteiger partial charge in [-0.3, -0.25) is 23.8 Å². The minimum atomic E-state index is -0.674. The van der Waals surface area contributed by atoms with E-state index in [1.807, 2.05) is 44.2 Å². The number of nitrogens with zero attached hydrogens (tertiary/aromatic N) is 4. The van der Waals surface area contributed by atoms with Gasteiger partial charge in [0, 0.05) is 59.6 Å². The van der Waals surface area contributed by atoms with E-state index in [9.17, 15) is 9.59 Å². The van der Waals surface area contributed by atoms with E-state index in [0.29, 0.717) is 17.0 Å². The molecule has 8 nitrogen and oxygen atoms in total. The number of hydrogen-bond donors (Lipinski definition) is 1. The lowest BCUT2D eigenvalue weighted by Gasteiger charge is -2.13. The first kappa shape index (κ1) is 26.6. The summed E-state index contributed by atoms with van der Waals surface area (Å²) < 4.78 is 24.2. The van der Waals surface area contributed by atoms with Crippen molar-refractivity contribution < 1.29 is 13.9 Å². The second kappa shape index (κ2) is 10.8. The fourth-order valence-corrected chi connectivity index (χ4v) is 4.70. The van der Waals surface area contributed by atoms with Crippen molar-refractivity contribution in [2.75, 3.05) is 5.32 Å². The monoisotopic (exact) mass is 559 g/mol. The Morgan fingerprint density at radius 2 is 1.69 bits per heavy atom. The van der Waals surface area contributed by atoms with E-state index < -0.39 is 17.3 Å². The van der Waals surface area contributed by atoms with Gasteiger partial charge in [-0.15, -0.1) is 0 Å². The van der Waals surface area contributed by atoms with Crippen LogP contribution in [0.15, 0.2) is 102 Å². The van der Waals surface area contributed by atoms with E-state index in [1.165, 1.54) is 22.8 Å². The van der Waals surface area contributed by atoms with Gasteiger partial charge in [-0.2, -0.15) is 5.10 Å². The number of aryl methyl sites for hydroxylation is 3. The lowest BCUT2D eigenvalue weighted by molar-refractivity contribution is 0.102. The van der Waals surface area contributed by atoms with Crippen molar-refractivity contribution in [3.05, 3.63) is 130 Å². The van der Waals surface area contributed by atoms with Crippen LogP contribution in [0.25, 0.3) is 27.7 Å². The number of ether oxygens (including phenoxy) is 1. The molecule has 3 aromatic heterocycles. The number of nitrogens with one attached hydrogen (secondary N) is 1. The Labute approximate surface area is 240 Å². The molecule has 0 saturated carbocycles. The molecule has 0 atom stereocenters. The van der Waals surface area contributed by atoms with Crippen molar-refractivity contribution in [1.29, 1.82) is 0 Å². The van der Waals surface area contributed by atoms with Crippen LogP contribution in [0.4, 0.5) is 10.1 Å². The number of anilines is 1. The first-order valence-corrected chi connectivity index (χ1v) is 13.2. The molecule has 6 rings (SSSR count). The number of pyridine rings is 2. The Hall–Kier alpha value is -5.57. The molecule has 208 valence electrons. The zero-order chi connectivity index (χ0) is 29.4. The van der Waals surface area contributed by atoms with Crippen molar-refractivity contribution >= 4 is 22.5 Å². The van der Waals surface area contributed by atoms with Crippen molar-refractivity contribution in [1.82, 2.24) is 19.3 Å². The van der Waals surface area contributed by atoms with E-state index in [0.717, 1.165) is 33.7 Å². The fraction of sp³-hybridized carbons (Fsp3) is 0.0909. The Bertz CT molecular complexity index is 2030. The Morgan fingerprint density at radius 3 is 2.43 bits per heavy atom. The van der Waals surface area contributed by atoms with Gasteiger partial charge in [0.2, 0.25) is 0 Å². The van der Waals surface area contributed by atoms with Crippen LogP contribution in [0, 0.1) is 19.7 Å². The normalized spacial score (nSPS) is 11.0. The van der Waals surface area contributed by atoms with Crippen molar-refractivity contribution in [2.24, 2.45) is 7.05 Å². The third-order valence-electron chi connectivity index (χ3n) is 7.06. The molecule has 0 radical (unpaired) electrons. The number of carbonyl (C=O) groups excluding carboxylic acids is 1. The molecule has 0 spiro atoms. The predicted molar refractivity (Wildman–Crippen MR) is 160 cm³/mol. The number of rotatable bonds is 6. The molecule has 1 amide bonds. The standard InChI is InChI=1S/C33H26FN5O3/c1-20-13-26-29(14-21(20)2)35-12-11-30(26)42-31-10-9-24(16-28(31)34)37-32(40)27-15-22(23-17-36-38(3)18-23)19-39(33(27)41)25-7-5-4-6-8-25/h4-19H,1-3H3,(H,37,40). The molecule has 3 aromatic carbocycles. The van der Waals surface area contributed by atoms with Crippen molar-refractivity contribution in [2.45, 2.75) is 13.8 Å². The topological polar surface area (TPSA) is 91.0 Å². The first-order valence-electron chi connectivity index (χ1n) is 13.2. The van der Waals surface area contributed by atoms with Crippen molar-refractivity contribution in [3.63, 3.8) is 0 Å². The molecular formula is C33H26FN5O3. The van der Waals surface area contributed by atoms with Gasteiger partial charge in [0.25, 0.3) is 11.5 Å². The largest absolute Gasteiger partial charge is 0.454 e. The highest BCUT2D eigenvalue weighted by Crippen LogP contribution is 2.33. The van der Waals surface area contributed by atoms with Gasteiger partial charge in [0.05, 0.1) is 11.7 Å². The van der Waals surface area contributed by atoms with E-state index in [1.54, 1.807) is 54.7 Å². The van der Waals surface area contributed by atoms with Gasteiger partial charge < -0.3 is 10.1 Å². The maximum Gasteiger partial charge on any atom is 0.267 e. The quantitative estimate of drug-likeness (QED) is 0.249.